The second-order valence-corrected chi connectivity index (χ2v) is 3.45. The molecule has 0 fully saturated rings. The highest BCUT2D eigenvalue weighted by Crippen LogP contribution is 2.14. The molecule has 78 valence electrons. The molecule has 1 aromatic heterocycles. The minimum absolute atomic E-state index is 0.403. The quantitative estimate of drug-likeness (QED) is 0.795. The molecule has 0 aliphatic carbocycles. The van der Waals surface area contributed by atoms with Crippen LogP contribution in [0.1, 0.15) is 31.2 Å². The lowest BCUT2D eigenvalue weighted by Crippen LogP contribution is -2.05. The van der Waals surface area contributed by atoms with E-state index < -0.39 is 0 Å². The number of methoxy groups -OCH3 is 1. The largest absolute Gasteiger partial charge is 0.378 e. The molecule has 0 aliphatic rings. The van der Waals surface area contributed by atoms with Crippen LogP contribution >= 0.6 is 0 Å². The van der Waals surface area contributed by atoms with Crippen LogP contribution in [-0.2, 0) is 11.3 Å². The van der Waals surface area contributed by atoms with Gasteiger partial charge in [0.25, 0.3) is 0 Å². The smallest absolute Gasteiger partial charge is 0.222 e. The topological polar surface area (TPSA) is 47.0 Å². The predicted octanol–water partition coefficient (Wildman–Crippen LogP) is 1.79. The molecule has 0 aliphatic heterocycles. The zero-order valence-electron chi connectivity index (χ0n) is 9.16. The van der Waals surface area contributed by atoms with Crippen LogP contribution in [0.3, 0.4) is 0 Å². The van der Waals surface area contributed by atoms with Gasteiger partial charge < -0.3 is 10.1 Å². The summed E-state index contributed by atoms with van der Waals surface area (Å²) in [7, 11) is 3.48. The van der Waals surface area contributed by atoms with Gasteiger partial charge >= 0.3 is 0 Å². The first-order chi connectivity index (χ1) is 6.67. The Morgan fingerprint density at radius 3 is 2.64 bits per heavy atom. The van der Waals surface area contributed by atoms with Crippen molar-refractivity contribution >= 4 is 5.95 Å². The van der Waals surface area contributed by atoms with Crippen LogP contribution in [0.5, 0.6) is 0 Å². The van der Waals surface area contributed by atoms with Crippen molar-refractivity contribution in [3.8, 4) is 0 Å². The number of nitrogens with one attached hydrogen (secondary N) is 1. The Bertz CT molecular complexity index is 299. The Balaban J connectivity index is 3.00. The third-order valence-electron chi connectivity index (χ3n) is 1.91. The first-order valence-electron chi connectivity index (χ1n) is 4.72. The summed E-state index contributed by atoms with van der Waals surface area (Å²) >= 11 is 0. The summed E-state index contributed by atoms with van der Waals surface area (Å²) in [4.78, 5) is 8.63. The van der Waals surface area contributed by atoms with E-state index in [0.717, 1.165) is 11.4 Å². The molecule has 0 saturated heterocycles. The highest BCUT2D eigenvalue weighted by molar-refractivity contribution is 5.28. The third-order valence-corrected chi connectivity index (χ3v) is 1.91. The van der Waals surface area contributed by atoms with Gasteiger partial charge in [0.1, 0.15) is 0 Å². The van der Waals surface area contributed by atoms with Crippen LogP contribution in [-0.4, -0.2) is 24.1 Å². The van der Waals surface area contributed by atoms with Crippen LogP contribution in [0.4, 0.5) is 5.95 Å². The summed E-state index contributed by atoms with van der Waals surface area (Å²) in [6, 6.07) is 1.98. The van der Waals surface area contributed by atoms with Crippen molar-refractivity contribution in [3.63, 3.8) is 0 Å². The van der Waals surface area contributed by atoms with Crippen molar-refractivity contribution in [2.75, 3.05) is 19.5 Å². The van der Waals surface area contributed by atoms with E-state index >= 15 is 0 Å². The van der Waals surface area contributed by atoms with Gasteiger partial charge in [-0.25, -0.2) is 9.97 Å². The van der Waals surface area contributed by atoms with Crippen LogP contribution in [0.2, 0.25) is 0 Å². The van der Waals surface area contributed by atoms with Gasteiger partial charge in [-0.2, -0.15) is 0 Å². The Kier molecular flexibility index (Phi) is 3.83. The molecule has 14 heavy (non-hydrogen) atoms. The molecule has 0 radical (unpaired) electrons. The first-order valence-corrected chi connectivity index (χ1v) is 4.72. The van der Waals surface area contributed by atoms with Gasteiger partial charge in [0, 0.05) is 19.9 Å². The average molecular weight is 195 g/mol. The lowest BCUT2D eigenvalue weighted by Gasteiger charge is -2.09. The highest BCUT2D eigenvalue weighted by atomic mass is 16.5. The van der Waals surface area contributed by atoms with Crippen molar-refractivity contribution in [1.29, 1.82) is 0 Å². The summed E-state index contributed by atoms with van der Waals surface area (Å²) in [5, 5.41) is 2.94. The number of ether oxygens (including phenoxy) is 1. The minimum atomic E-state index is 0.403. The van der Waals surface area contributed by atoms with E-state index in [-0.39, 0.29) is 0 Å². The molecule has 1 N–H and O–H groups in total. The molecule has 0 atom stereocenters. The van der Waals surface area contributed by atoms with E-state index in [1.54, 1.807) is 7.11 Å². The fourth-order valence-corrected chi connectivity index (χ4v) is 1.15. The molecule has 0 aromatic carbocycles. The Labute approximate surface area is 84.7 Å². The van der Waals surface area contributed by atoms with Crippen LogP contribution in [0.15, 0.2) is 6.07 Å². The molecule has 0 amide bonds. The summed E-state index contributed by atoms with van der Waals surface area (Å²) in [6.07, 6.45) is 0. The van der Waals surface area contributed by atoms with Crippen LogP contribution in [0.25, 0.3) is 0 Å². The van der Waals surface area contributed by atoms with E-state index in [9.17, 15) is 0 Å². The van der Waals surface area contributed by atoms with E-state index in [1.807, 2.05) is 13.1 Å². The summed E-state index contributed by atoms with van der Waals surface area (Å²) in [5.74, 6) is 1.06. The van der Waals surface area contributed by atoms with Gasteiger partial charge in [-0.05, 0) is 12.0 Å². The fraction of sp³-hybridized carbons (Fsp3) is 0.600. The Morgan fingerprint density at radius 1 is 1.43 bits per heavy atom. The summed E-state index contributed by atoms with van der Waals surface area (Å²) in [5.41, 5.74) is 1.95. The van der Waals surface area contributed by atoms with Gasteiger partial charge in [0.05, 0.1) is 12.3 Å². The molecule has 4 heteroatoms. The second kappa shape index (κ2) is 4.91. The summed E-state index contributed by atoms with van der Waals surface area (Å²) < 4.78 is 5.04. The zero-order valence-corrected chi connectivity index (χ0v) is 9.16. The van der Waals surface area contributed by atoms with E-state index in [0.29, 0.717) is 18.5 Å². The summed E-state index contributed by atoms with van der Waals surface area (Å²) in [6.45, 7) is 4.74. The lowest BCUT2D eigenvalue weighted by atomic mass is 10.1. The molecule has 1 aromatic rings. The molecule has 1 rings (SSSR count). The number of anilines is 1. The number of hydrogen-bond acceptors (Lipinski definition) is 4. The number of nitrogens with zero attached hydrogens (tertiary/aromatic N) is 2. The molecular formula is C10H17N3O. The fourth-order valence-electron chi connectivity index (χ4n) is 1.15. The average Bonchev–Trinajstić information content (AvgIpc) is 2.17. The van der Waals surface area contributed by atoms with Crippen molar-refractivity contribution in [3.05, 3.63) is 17.5 Å². The van der Waals surface area contributed by atoms with Crippen molar-refractivity contribution in [2.45, 2.75) is 26.4 Å². The normalized spacial score (nSPS) is 10.6. The van der Waals surface area contributed by atoms with E-state index in [2.05, 4.69) is 29.1 Å². The maximum absolute atomic E-state index is 5.04. The minimum Gasteiger partial charge on any atom is -0.378 e. The molecule has 0 spiro atoms. The molecule has 0 unspecified atom stereocenters. The SMILES string of the molecule is CNc1nc(COC)cc(C(C)C)n1. The highest BCUT2D eigenvalue weighted by Gasteiger charge is 2.06. The molecule has 4 nitrogen and oxygen atoms in total. The molecule has 0 saturated carbocycles. The number of hydrogen-bond donors (Lipinski definition) is 1. The first kappa shape index (κ1) is 10.9. The van der Waals surface area contributed by atoms with E-state index in [1.165, 1.54) is 0 Å². The van der Waals surface area contributed by atoms with Gasteiger partial charge in [-0.3, -0.25) is 0 Å². The maximum Gasteiger partial charge on any atom is 0.222 e. The second-order valence-electron chi connectivity index (χ2n) is 3.45. The van der Waals surface area contributed by atoms with Crippen molar-refractivity contribution in [2.24, 2.45) is 0 Å². The van der Waals surface area contributed by atoms with Crippen molar-refractivity contribution < 1.29 is 4.74 Å². The van der Waals surface area contributed by atoms with E-state index in [4.69, 9.17) is 4.74 Å². The Hall–Kier alpha value is -1.16. The number of rotatable bonds is 4. The van der Waals surface area contributed by atoms with Crippen LogP contribution < -0.4 is 5.32 Å². The molecular weight excluding hydrogens is 178 g/mol. The lowest BCUT2D eigenvalue weighted by molar-refractivity contribution is 0.181. The predicted molar refractivity (Wildman–Crippen MR) is 56.4 cm³/mol. The zero-order chi connectivity index (χ0) is 10.6. The molecule has 0 bridgehead atoms. The third kappa shape index (κ3) is 2.67. The maximum atomic E-state index is 5.04. The standard InChI is InChI=1S/C10H17N3O/c1-7(2)9-5-8(6-14-4)12-10(11-3)13-9/h5,7H,6H2,1-4H3,(H,11,12,13). The van der Waals surface area contributed by atoms with Gasteiger partial charge in [-0.1, -0.05) is 13.8 Å². The van der Waals surface area contributed by atoms with Gasteiger partial charge in [0.15, 0.2) is 0 Å². The Morgan fingerprint density at radius 2 is 2.14 bits per heavy atom. The van der Waals surface area contributed by atoms with Gasteiger partial charge in [-0.15, -0.1) is 0 Å². The number of aromatic nitrogens is 2. The van der Waals surface area contributed by atoms with Crippen LogP contribution in [0, 0.1) is 0 Å². The van der Waals surface area contributed by atoms with Gasteiger partial charge in [0.2, 0.25) is 5.95 Å². The molecule has 1 heterocycles. The van der Waals surface area contributed by atoms with Crippen molar-refractivity contribution in [1.82, 2.24) is 9.97 Å². The monoisotopic (exact) mass is 195 g/mol.